The molecule has 6 heteroatoms. The van der Waals surface area contributed by atoms with E-state index in [9.17, 15) is 9.90 Å². The molecule has 20 heavy (non-hydrogen) atoms. The van der Waals surface area contributed by atoms with Crippen LogP contribution in [0.15, 0.2) is 10.5 Å². The van der Waals surface area contributed by atoms with Crippen LogP contribution in [0.5, 0.6) is 0 Å². The summed E-state index contributed by atoms with van der Waals surface area (Å²) in [4.78, 5) is 15.8. The van der Waals surface area contributed by atoms with E-state index in [1.807, 2.05) is 13.0 Å². The van der Waals surface area contributed by atoms with Gasteiger partial charge in [0.25, 0.3) is 0 Å². The molecule has 0 saturated heterocycles. The fraction of sp³-hybridized carbons (Fsp3) is 0.429. The second kappa shape index (κ2) is 4.77. The number of aromatic nitrogens is 2. The molecule has 0 fully saturated rings. The molecule has 0 bridgehead atoms. The Kier molecular flexibility index (Phi) is 3.54. The Morgan fingerprint density at radius 3 is 2.50 bits per heavy atom. The number of halogens is 1. The van der Waals surface area contributed by atoms with E-state index in [0.29, 0.717) is 17.0 Å². The van der Waals surface area contributed by atoms with Crippen LogP contribution >= 0.6 is 15.9 Å². The van der Waals surface area contributed by atoms with Crippen LogP contribution in [0.1, 0.15) is 31.9 Å². The smallest absolute Gasteiger partial charge is 0.418 e. The van der Waals surface area contributed by atoms with Crippen LogP contribution in [0.2, 0.25) is 0 Å². The lowest BCUT2D eigenvalue weighted by Gasteiger charge is -2.23. The summed E-state index contributed by atoms with van der Waals surface area (Å²) in [6.45, 7) is 8.35. The molecule has 0 aliphatic carbocycles. The minimum atomic E-state index is -1.05. The van der Waals surface area contributed by atoms with E-state index in [0.717, 1.165) is 15.6 Å². The summed E-state index contributed by atoms with van der Waals surface area (Å²) in [6, 6.07) is 1.82. The summed E-state index contributed by atoms with van der Waals surface area (Å²) < 4.78 is 2.07. The number of carboxylic acid groups (broad SMARTS) is 1. The molecule has 5 nitrogen and oxygen atoms in total. The standard InChI is InChI=1S/C14H18BrN3O2/c1-7-10(14(2,3)4)8(15)6-9-11(7)17-12(16-5)18(9)13(19)20/h6H,1-5H3,(H,16,17)(H,19,20). The van der Waals surface area contributed by atoms with E-state index in [2.05, 4.69) is 47.0 Å². The van der Waals surface area contributed by atoms with Crippen molar-refractivity contribution in [2.24, 2.45) is 0 Å². The number of nitrogens with zero attached hydrogens (tertiary/aromatic N) is 2. The van der Waals surface area contributed by atoms with Crippen LogP contribution in [0.4, 0.5) is 10.7 Å². The molecule has 2 aromatic rings. The number of anilines is 1. The van der Waals surface area contributed by atoms with Crippen molar-refractivity contribution in [3.63, 3.8) is 0 Å². The first kappa shape index (κ1) is 14.8. The van der Waals surface area contributed by atoms with Crippen LogP contribution in [0.3, 0.4) is 0 Å². The third-order valence-electron chi connectivity index (χ3n) is 3.31. The van der Waals surface area contributed by atoms with Gasteiger partial charge in [0.1, 0.15) is 0 Å². The first-order chi connectivity index (χ1) is 9.18. The van der Waals surface area contributed by atoms with Crippen LogP contribution in [0.25, 0.3) is 11.0 Å². The molecule has 0 spiro atoms. The number of hydrogen-bond donors (Lipinski definition) is 2. The Hall–Kier alpha value is -1.56. The van der Waals surface area contributed by atoms with Crippen LogP contribution in [0, 0.1) is 6.92 Å². The quantitative estimate of drug-likeness (QED) is 0.824. The monoisotopic (exact) mass is 339 g/mol. The second-order valence-corrected chi connectivity index (χ2v) is 6.63. The summed E-state index contributed by atoms with van der Waals surface area (Å²) in [5.74, 6) is 0.327. The van der Waals surface area contributed by atoms with Crippen molar-refractivity contribution in [2.45, 2.75) is 33.1 Å². The number of imidazole rings is 1. The molecule has 1 heterocycles. The van der Waals surface area contributed by atoms with Gasteiger partial charge >= 0.3 is 6.09 Å². The van der Waals surface area contributed by atoms with Crippen molar-refractivity contribution >= 4 is 39.0 Å². The zero-order valence-electron chi connectivity index (χ0n) is 12.2. The summed E-state index contributed by atoms with van der Waals surface area (Å²) in [6.07, 6.45) is -1.05. The van der Waals surface area contributed by atoms with Gasteiger partial charge in [0.05, 0.1) is 11.0 Å². The predicted octanol–water partition coefficient (Wildman–Crippen LogP) is 3.97. The Labute approximate surface area is 126 Å². The highest BCUT2D eigenvalue weighted by Gasteiger charge is 2.25. The minimum absolute atomic E-state index is 0.0517. The van der Waals surface area contributed by atoms with Gasteiger partial charge < -0.3 is 10.4 Å². The predicted molar refractivity (Wildman–Crippen MR) is 83.8 cm³/mol. The molecule has 0 radical (unpaired) electrons. The number of fused-ring (bicyclic) bond motifs is 1. The fourth-order valence-corrected chi connectivity index (χ4v) is 3.72. The number of rotatable bonds is 1. The summed E-state index contributed by atoms with van der Waals surface area (Å²) in [5, 5.41) is 12.2. The van der Waals surface area contributed by atoms with Gasteiger partial charge in [-0.2, -0.15) is 0 Å². The molecule has 0 aliphatic rings. The van der Waals surface area contributed by atoms with Crippen molar-refractivity contribution in [1.82, 2.24) is 9.55 Å². The van der Waals surface area contributed by atoms with Gasteiger partial charge in [0.2, 0.25) is 5.95 Å². The van der Waals surface area contributed by atoms with Crippen LogP contribution < -0.4 is 5.32 Å². The van der Waals surface area contributed by atoms with Crippen molar-refractivity contribution in [3.05, 3.63) is 21.7 Å². The van der Waals surface area contributed by atoms with E-state index in [1.165, 1.54) is 4.57 Å². The maximum atomic E-state index is 11.4. The van der Waals surface area contributed by atoms with Crippen LogP contribution in [-0.4, -0.2) is 27.8 Å². The second-order valence-electron chi connectivity index (χ2n) is 5.78. The van der Waals surface area contributed by atoms with Gasteiger partial charge in [0.15, 0.2) is 0 Å². The highest BCUT2D eigenvalue weighted by Crippen LogP contribution is 2.37. The Bertz CT molecular complexity index is 699. The Morgan fingerprint density at radius 1 is 1.45 bits per heavy atom. The van der Waals surface area contributed by atoms with E-state index in [4.69, 9.17) is 0 Å². The third-order valence-corrected chi connectivity index (χ3v) is 3.94. The van der Waals surface area contributed by atoms with Gasteiger partial charge in [-0.1, -0.05) is 36.7 Å². The molecule has 0 unspecified atom stereocenters. The normalized spacial score (nSPS) is 11.9. The van der Waals surface area contributed by atoms with Gasteiger partial charge in [-0.05, 0) is 29.5 Å². The lowest BCUT2D eigenvalue weighted by molar-refractivity contribution is 0.198. The lowest BCUT2D eigenvalue weighted by Crippen LogP contribution is -2.15. The molecule has 1 aromatic carbocycles. The molecule has 2 rings (SSSR count). The highest BCUT2D eigenvalue weighted by atomic mass is 79.9. The third kappa shape index (κ3) is 2.18. The van der Waals surface area contributed by atoms with Crippen molar-refractivity contribution in [1.29, 1.82) is 0 Å². The molecule has 0 atom stereocenters. The average Bonchev–Trinajstić information content (AvgIpc) is 2.65. The molecule has 2 N–H and O–H groups in total. The number of aryl methyl sites for hydroxylation is 1. The first-order valence-electron chi connectivity index (χ1n) is 6.31. The number of nitrogens with one attached hydrogen (secondary N) is 1. The summed E-state index contributed by atoms with van der Waals surface area (Å²) in [5.41, 5.74) is 3.38. The van der Waals surface area contributed by atoms with Crippen LogP contribution in [-0.2, 0) is 5.41 Å². The Morgan fingerprint density at radius 2 is 2.05 bits per heavy atom. The molecular weight excluding hydrogens is 322 g/mol. The summed E-state index contributed by atoms with van der Waals surface area (Å²) in [7, 11) is 1.66. The first-order valence-corrected chi connectivity index (χ1v) is 7.11. The molecule has 0 aliphatic heterocycles. The number of hydrogen-bond acceptors (Lipinski definition) is 3. The maximum absolute atomic E-state index is 11.4. The number of carbonyl (C=O) groups is 1. The van der Waals surface area contributed by atoms with Gasteiger partial charge in [-0.3, -0.25) is 0 Å². The molecule has 0 saturated carbocycles. The van der Waals surface area contributed by atoms with E-state index < -0.39 is 6.09 Å². The SMILES string of the molecule is CNc1nc2c(C)c(C(C)(C)C)c(Br)cc2n1C(=O)O. The van der Waals surface area contributed by atoms with Gasteiger partial charge in [0, 0.05) is 11.5 Å². The topological polar surface area (TPSA) is 67.2 Å². The molecule has 108 valence electrons. The van der Waals surface area contributed by atoms with Gasteiger partial charge in [-0.25, -0.2) is 14.3 Å². The highest BCUT2D eigenvalue weighted by molar-refractivity contribution is 9.10. The molecule has 0 amide bonds. The van der Waals surface area contributed by atoms with Crippen molar-refractivity contribution in [2.75, 3.05) is 12.4 Å². The maximum Gasteiger partial charge on any atom is 0.418 e. The fourth-order valence-electron chi connectivity index (χ4n) is 2.61. The molecular formula is C14H18BrN3O2. The largest absolute Gasteiger partial charge is 0.464 e. The minimum Gasteiger partial charge on any atom is -0.464 e. The molecule has 1 aromatic heterocycles. The zero-order chi connectivity index (χ0) is 15.2. The van der Waals surface area contributed by atoms with Crippen molar-refractivity contribution < 1.29 is 9.90 Å². The average molecular weight is 340 g/mol. The van der Waals surface area contributed by atoms with Gasteiger partial charge in [-0.15, -0.1) is 0 Å². The van der Waals surface area contributed by atoms with E-state index >= 15 is 0 Å². The zero-order valence-corrected chi connectivity index (χ0v) is 13.8. The van der Waals surface area contributed by atoms with Crippen molar-refractivity contribution in [3.8, 4) is 0 Å². The van der Waals surface area contributed by atoms with E-state index in [-0.39, 0.29) is 5.41 Å². The Balaban J connectivity index is 2.92. The summed E-state index contributed by atoms with van der Waals surface area (Å²) >= 11 is 3.56. The number of benzene rings is 1. The van der Waals surface area contributed by atoms with E-state index in [1.54, 1.807) is 7.05 Å². The lowest BCUT2D eigenvalue weighted by atomic mass is 9.83.